The maximum absolute atomic E-state index is 14.4. The number of halogens is 4. The summed E-state index contributed by atoms with van der Waals surface area (Å²) in [5.41, 5.74) is -1.98. The normalized spacial score (nSPS) is 20.1. The van der Waals surface area contributed by atoms with E-state index >= 15 is 0 Å². The summed E-state index contributed by atoms with van der Waals surface area (Å²) in [6.45, 7) is 2.13. The lowest BCUT2D eigenvalue weighted by atomic mass is 9.78. The Labute approximate surface area is 158 Å². The zero-order valence-electron chi connectivity index (χ0n) is 15.0. The van der Waals surface area contributed by atoms with E-state index in [-0.39, 0.29) is 30.0 Å². The highest BCUT2D eigenvalue weighted by Crippen LogP contribution is 2.45. The van der Waals surface area contributed by atoms with Crippen LogP contribution in [0.4, 0.5) is 17.6 Å². The molecule has 0 saturated heterocycles. The average Bonchev–Trinajstić information content (AvgIpc) is 3.00. The van der Waals surface area contributed by atoms with Crippen molar-refractivity contribution in [3.8, 4) is 0 Å². The van der Waals surface area contributed by atoms with Crippen molar-refractivity contribution in [2.45, 2.75) is 32.4 Å². The van der Waals surface area contributed by atoms with Gasteiger partial charge in [-0.05, 0) is 25.5 Å². The molecule has 9 heteroatoms. The third-order valence-electron chi connectivity index (χ3n) is 4.55. The van der Waals surface area contributed by atoms with Crippen molar-refractivity contribution in [2.75, 3.05) is 13.2 Å². The molecule has 150 valence electrons. The molecule has 1 aromatic carbocycles. The first-order chi connectivity index (χ1) is 13.3. The van der Waals surface area contributed by atoms with Crippen LogP contribution in [-0.4, -0.2) is 31.6 Å². The molecule has 0 spiro atoms. The Morgan fingerprint density at radius 2 is 2.07 bits per heavy atom. The topological polar surface area (TPSA) is 64.6 Å². The number of ether oxygens (including phenoxy) is 2. The maximum atomic E-state index is 14.4. The van der Waals surface area contributed by atoms with Crippen molar-refractivity contribution in [3.63, 3.8) is 0 Å². The molecule has 2 heterocycles. The second-order valence-electron chi connectivity index (χ2n) is 6.23. The van der Waals surface area contributed by atoms with E-state index < -0.39 is 53.1 Å². The minimum Gasteiger partial charge on any atom is -0.463 e. The summed E-state index contributed by atoms with van der Waals surface area (Å²) in [6, 6.07) is 3.56. The standard InChI is InChI=1S/C19H17F4NO4/c1-3-27-19(26)15-13(9-5-4-6-10(21)12(9)8(2)20)14-11(7-28-18(14)25)24-16(15)17(22)23/h4-6,8,13,17,24H,3,7H2,1-2H3/t8-,13+/m0/s1. The fourth-order valence-corrected chi connectivity index (χ4v) is 3.49. The number of rotatable bonds is 5. The molecule has 0 aromatic heterocycles. The zero-order chi connectivity index (χ0) is 20.6. The highest BCUT2D eigenvalue weighted by atomic mass is 19.3. The third-order valence-corrected chi connectivity index (χ3v) is 4.55. The molecule has 2 aliphatic rings. The minimum atomic E-state index is -3.12. The molecule has 0 unspecified atom stereocenters. The molecule has 2 atom stereocenters. The van der Waals surface area contributed by atoms with Crippen LogP contribution in [0.25, 0.3) is 0 Å². The lowest BCUT2D eigenvalue weighted by molar-refractivity contribution is -0.139. The Hall–Kier alpha value is -2.84. The third kappa shape index (κ3) is 3.25. The van der Waals surface area contributed by atoms with E-state index in [1.165, 1.54) is 19.1 Å². The van der Waals surface area contributed by atoms with E-state index in [1.54, 1.807) is 0 Å². The molecular formula is C19H17F4NO4. The van der Waals surface area contributed by atoms with Crippen LogP contribution >= 0.6 is 0 Å². The highest BCUT2D eigenvalue weighted by molar-refractivity contribution is 6.01. The SMILES string of the molecule is CCOC(=O)C1=C(C(F)F)NC2=C(C(=O)OC2)[C@H]1c1cccc(F)c1[C@H](C)F. The van der Waals surface area contributed by atoms with Gasteiger partial charge in [-0.1, -0.05) is 12.1 Å². The van der Waals surface area contributed by atoms with Gasteiger partial charge in [-0.3, -0.25) is 0 Å². The minimum absolute atomic E-state index is 0.0278. The molecule has 1 aromatic rings. The van der Waals surface area contributed by atoms with Crippen molar-refractivity contribution in [2.24, 2.45) is 0 Å². The summed E-state index contributed by atoms with van der Waals surface area (Å²) < 4.78 is 65.8. The quantitative estimate of drug-likeness (QED) is 0.607. The summed E-state index contributed by atoms with van der Waals surface area (Å²) in [4.78, 5) is 24.8. The van der Waals surface area contributed by atoms with Gasteiger partial charge in [0, 0.05) is 5.56 Å². The molecule has 1 N–H and O–H groups in total. The summed E-state index contributed by atoms with van der Waals surface area (Å²) in [5, 5.41) is 2.37. The zero-order valence-corrected chi connectivity index (χ0v) is 15.0. The molecule has 0 saturated carbocycles. The number of dihydropyridines is 1. The number of carbonyl (C=O) groups is 2. The van der Waals surface area contributed by atoms with Gasteiger partial charge in [0.15, 0.2) is 0 Å². The summed E-state index contributed by atoms with van der Waals surface area (Å²) >= 11 is 0. The van der Waals surface area contributed by atoms with Crippen LogP contribution in [0.2, 0.25) is 0 Å². The Morgan fingerprint density at radius 3 is 2.68 bits per heavy atom. The molecule has 0 aliphatic carbocycles. The van der Waals surface area contributed by atoms with E-state index in [4.69, 9.17) is 9.47 Å². The Kier molecular flexibility index (Phi) is 5.44. The lowest BCUT2D eigenvalue weighted by Gasteiger charge is -2.30. The molecular weight excluding hydrogens is 382 g/mol. The molecule has 28 heavy (non-hydrogen) atoms. The number of allylic oxidation sites excluding steroid dienone is 1. The van der Waals surface area contributed by atoms with Crippen molar-refractivity contribution in [1.29, 1.82) is 0 Å². The van der Waals surface area contributed by atoms with E-state index in [0.29, 0.717) is 0 Å². The van der Waals surface area contributed by atoms with Gasteiger partial charge in [-0.15, -0.1) is 0 Å². The number of hydrogen-bond acceptors (Lipinski definition) is 5. The van der Waals surface area contributed by atoms with Gasteiger partial charge in [0.25, 0.3) is 6.43 Å². The number of benzene rings is 1. The van der Waals surface area contributed by atoms with Gasteiger partial charge in [-0.2, -0.15) is 0 Å². The smallest absolute Gasteiger partial charge is 0.337 e. The maximum Gasteiger partial charge on any atom is 0.337 e. The summed E-state index contributed by atoms with van der Waals surface area (Å²) in [7, 11) is 0. The van der Waals surface area contributed by atoms with Gasteiger partial charge >= 0.3 is 11.9 Å². The van der Waals surface area contributed by atoms with Crippen molar-refractivity contribution in [1.82, 2.24) is 5.32 Å². The molecule has 3 rings (SSSR count). The molecule has 5 nitrogen and oxygen atoms in total. The fraction of sp³-hybridized carbons (Fsp3) is 0.368. The Bertz CT molecular complexity index is 892. The van der Waals surface area contributed by atoms with Crippen LogP contribution in [0.3, 0.4) is 0 Å². The second-order valence-corrected chi connectivity index (χ2v) is 6.23. The van der Waals surface area contributed by atoms with Gasteiger partial charge in [0.1, 0.15) is 18.6 Å². The van der Waals surface area contributed by atoms with Gasteiger partial charge in [-0.25, -0.2) is 27.2 Å². The number of hydrogen-bond donors (Lipinski definition) is 1. The highest BCUT2D eigenvalue weighted by Gasteiger charge is 2.45. The van der Waals surface area contributed by atoms with Crippen LogP contribution in [0, 0.1) is 5.82 Å². The molecule has 0 fully saturated rings. The molecule has 0 amide bonds. The van der Waals surface area contributed by atoms with E-state index in [2.05, 4.69) is 5.32 Å². The van der Waals surface area contributed by atoms with Crippen LogP contribution in [0.5, 0.6) is 0 Å². The van der Waals surface area contributed by atoms with E-state index in [9.17, 15) is 27.2 Å². The van der Waals surface area contributed by atoms with E-state index in [1.807, 2.05) is 0 Å². The Balaban J connectivity index is 2.32. The number of esters is 2. The van der Waals surface area contributed by atoms with E-state index in [0.717, 1.165) is 13.0 Å². The monoisotopic (exact) mass is 399 g/mol. The number of alkyl halides is 3. The first-order valence-corrected chi connectivity index (χ1v) is 8.56. The predicted octanol–water partition coefficient (Wildman–Crippen LogP) is 3.44. The molecule has 0 bridgehead atoms. The van der Waals surface area contributed by atoms with Crippen LogP contribution in [0.1, 0.15) is 37.1 Å². The lowest BCUT2D eigenvalue weighted by Crippen LogP contribution is -2.34. The van der Waals surface area contributed by atoms with Gasteiger partial charge in [0.05, 0.1) is 35.1 Å². The largest absolute Gasteiger partial charge is 0.463 e. The Morgan fingerprint density at radius 1 is 1.36 bits per heavy atom. The predicted molar refractivity (Wildman–Crippen MR) is 89.4 cm³/mol. The number of carbonyl (C=O) groups excluding carboxylic acids is 2. The van der Waals surface area contributed by atoms with Crippen molar-refractivity contribution < 1.29 is 36.6 Å². The number of nitrogens with one attached hydrogen (secondary N) is 1. The summed E-state index contributed by atoms with van der Waals surface area (Å²) in [6.07, 6.45) is -4.93. The van der Waals surface area contributed by atoms with Crippen LogP contribution < -0.4 is 5.32 Å². The van der Waals surface area contributed by atoms with Crippen molar-refractivity contribution in [3.05, 3.63) is 57.7 Å². The summed E-state index contributed by atoms with van der Waals surface area (Å²) in [5.74, 6) is -4.33. The van der Waals surface area contributed by atoms with Crippen molar-refractivity contribution >= 4 is 11.9 Å². The van der Waals surface area contributed by atoms with Gasteiger partial charge in [0.2, 0.25) is 0 Å². The fourth-order valence-electron chi connectivity index (χ4n) is 3.49. The molecule has 2 aliphatic heterocycles. The average molecular weight is 399 g/mol. The number of cyclic esters (lactones) is 1. The van der Waals surface area contributed by atoms with Crippen LogP contribution in [0.15, 0.2) is 40.7 Å². The van der Waals surface area contributed by atoms with Gasteiger partial charge < -0.3 is 14.8 Å². The van der Waals surface area contributed by atoms with Crippen LogP contribution in [-0.2, 0) is 19.1 Å². The second kappa shape index (κ2) is 7.65. The first kappa shape index (κ1) is 19.9. The first-order valence-electron chi connectivity index (χ1n) is 8.56. The molecule has 0 radical (unpaired) electrons.